The average molecular weight is 411 g/mol. The van der Waals surface area contributed by atoms with Gasteiger partial charge in [-0.25, -0.2) is 13.8 Å². The molecule has 1 aromatic carbocycles. The maximum atomic E-state index is 14.0. The number of aromatic nitrogens is 5. The predicted octanol–water partition coefficient (Wildman–Crippen LogP) is 2.79. The molecule has 0 aliphatic rings. The monoisotopic (exact) mass is 411 g/mol. The van der Waals surface area contributed by atoms with E-state index in [1.165, 1.54) is 9.58 Å². The van der Waals surface area contributed by atoms with Crippen LogP contribution in [-0.4, -0.2) is 49.4 Å². The molecular weight excluding hydrogens is 392 g/mol. The Morgan fingerprint density at radius 1 is 1.13 bits per heavy atom. The fraction of sp³-hybridized carbons (Fsp3) is 0.200. The Hall–Kier alpha value is -3.82. The second-order valence-corrected chi connectivity index (χ2v) is 7.01. The van der Waals surface area contributed by atoms with Gasteiger partial charge in [0, 0.05) is 43.5 Å². The number of nitrogens with one attached hydrogen (secondary N) is 1. The quantitative estimate of drug-likeness (QED) is 0.528. The molecule has 0 aliphatic heterocycles. The third-order valence-corrected chi connectivity index (χ3v) is 4.56. The van der Waals surface area contributed by atoms with Crippen molar-refractivity contribution in [2.75, 3.05) is 19.4 Å². The van der Waals surface area contributed by atoms with Gasteiger partial charge in [0.25, 0.3) is 0 Å². The van der Waals surface area contributed by atoms with Gasteiger partial charge in [-0.05, 0) is 18.2 Å². The van der Waals surface area contributed by atoms with E-state index in [0.717, 1.165) is 23.6 Å². The second-order valence-electron chi connectivity index (χ2n) is 7.01. The number of halogens is 2. The lowest BCUT2D eigenvalue weighted by Crippen LogP contribution is -2.26. The zero-order valence-corrected chi connectivity index (χ0v) is 16.4. The molecule has 8 nitrogen and oxygen atoms in total. The van der Waals surface area contributed by atoms with Gasteiger partial charge in [0.1, 0.15) is 24.0 Å². The number of benzene rings is 1. The lowest BCUT2D eigenvalue weighted by Gasteiger charge is -2.09. The molecule has 154 valence electrons. The van der Waals surface area contributed by atoms with Crippen molar-refractivity contribution < 1.29 is 13.6 Å². The van der Waals surface area contributed by atoms with Gasteiger partial charge in [-0.1, -0.05) is 0 Å². The third-order valence-electron chi connectivity index (χ3n) is 4.56. The van der Waals surface area contributed by atoms with Crippen LogP contribution in [0.3, 0.4) is 0 Å². The topological polar surface area (TPSA) is 80.9 Å². The first-order valence-electron chi connectivity index (χ1n) is 9.14. The zero-order chi connectivity index (χ0) is 21.3. The molecule has 4 aromatic rings. The summed E-state index contributed by atoms with van der Waals surface area (Å²) < 4.78 is 30.6. The summed E-state index contributed by atoms with van der Waals surface area (Å²) >= 11 is 0. The van der Waals surface area contributed by atoms with Crippen molar-refractivity contribution in [1.29, 1.82) is 0 Å². The number of carbonyl (C=O) groups is 1. The average Bonchev–Trinajstić information content (AvgIpc) is 3.31. The van der Waals surface area contributed by atoms with Crippen LogP contribution in [0.15, 0.2) is 49.1 Å². The number of likely N-dealkylation sites (N-methyl/N-ethyl adjacent to an activating group) is 1. The van der Waals surface area contributed by atoms with Crippen LogP contribution in [0, 0.1) is 11.6 Å². The highest BCUT2D eigenvalue weighted by Crippen LogP contribution is 2.21. The standard InChI is InChI=1S/C20H19F2N7O/c1-27(2)20(30)12-28-11-16(9-24-28)26-19-6-18-14(7-23-19)8-25-29(18)10-13-5-15(21)3-4-17(13)22/h3-9,11H,10,12H2,1-2H3,(H,23,26). The van der Waals surface area contributed by atoms with Crippen LogP contribution in [0.4, 0.5) is 20.3 Å². The highest BCUT2D eigenvalue weighted by atomic mass is 19.1. The number of fused-ring (bicyclic) bond motifs is 1. The van der Waals surface area contributed by atoms with E-state index in [9.17, 15) is 13.6 Å². The van der Waals surface area contributed by atoms with Gasteiger partial charge in [0.15, 0.2) is 0 Å². The smallest absolute Gasteiger partial charge is 0.243 e. The summed E-state index contributed by atoms with van der Waals surface area (Å²) in [6, 6.07) is 5.11. The minimum absolute atomic E-state index is 0.0716. The van der Waals surface area contributed by atoms with Crippen molar-refractivity contribution in [2.24, 2.45) is 0 Å². The van der Waals surface area contributed by atoms with Crippen molar-refractivity contribution >= 4 is 28.3 Å². The summed E-state index contributed by atoms with van der Waals surface area (Å²) in [5, 5.41) is 12.3. The van der Waals surface area contributed by atoms with Crippen LogP contribution in [0.5, 0.6) is 0 Å². The first-order chi connectivity index (χ1) is 14.4. The van der Waals surface area contributed by atoms with E-state index in [4.69, 9.17) is 0 Å². The molecule has 0 unspecified atom stereocenters. The van der Waals surface area contributed by atoms with Crippen LogP contribution in [0.25, 0.3) is 10.9 Å². The molecule has 4 rings (SSSR count). The van der Waals surface area contributed by atoms with E-state index in [0.29, 0.717) is 17.0 Å². The summed E-state index contributed by atoms with van der Waals surface area (Å²) in [4.78, 5) is 17.6. The van der Waals surface area contributed by atoms with E-state index in [1.54, 1.807) is 49.6 Å². The van der Waals surface area contributed by atoms with Gasteiger partial charge in [-0.15, -0.1) is 0 Å². The Balaban J connectivity index is 1.55. The molecule has 0 saturated heterocycles. The number of hydrogen-bond donors (Lipinski definition) is 1. The van der Waals surface area contributed by atoms with Crippen LogP contribution in [0.1, 0.15) is 5.56 Å². The molecule has 10 heteroatoms. The largest absolute Gasteiger partial charge is 0.347 e. The maximum absolute atomic E-state index is 14.0. The Kier molecular flexibility index (Phi) is 5.13. The Morgan fingerprint density at radius 2 is 1.97 bits per heavy atom. The van der Waals surface area contributed by atoms with Crippen LogP contribution in [-0.2, 0) is 17.9 Å². The normalized spacial score (nSPS) is 11.1. The van der Waals surface area contributed by atoms with Gasteiger partial charge < -0.3 is 10.2 Å². The SMILES string of the molecule is CN(C)C(=O)Cn1cc(Nc2cc3c(cn2)cnn3Cc2cc(F)ccc2F)cn1. The lowest BCUT2D eigenvalue weighted by molar-refractivity contribution is -0.129. The molecule has 30 heavy (non-hydrogen) atoms. The fourth-order valence-corrected chi connectivity index (χ4v) is 2.94. The Labute approximate surface area is 170 Å². The number of hydrogen-bond acceptors (Lipinski definition) is 5. The van der Waals surface area contributed by atoms with E-state index in [1.807, 2.05) is 0 Å². The molecule has 0 saturated carbocycles. The molecular formula is C20H19F2N7O. The molecule has 0 bridgehead atoms. The minimum Gasteiger partial charge on any atom is -0.347 e. The number of pyridine rings is 1. The van der Waals surface area contributed by atoms with Crippen molar-refractivity contribution in [3.05, 3.63) is 66.3 Å². The molecule has 3 aromatic heterocycles. The van der Waals surface area contributed by atoms with E-state index in [-0.39, 0.29) is 24.6 Å². The minimum atomic E-state index is -0.503. The van der Waals surface area contributed by atoms with Crippen LogP contribution in [0.2, 0.25) is 0 Å². The highest BCUT2D eigenvalue weighted by molar-refractivity contribution is 5.81. The van der Waals surface area contributed by atoms with Crippen molar-refractivity contribution in [2.45, 2.75) is 13.1 Å². The number of rotatable bonds is 6. The second kappa shape index (κ2) is 7.90. The van der Waals surface area contributed by atoms with E-state index < -0.39 is 11.6 Å². The van der Waals surface area contributed by atoms with Gasteiger partial charge >= 0.3 is 0 Å². The summed E-state index contributed by atoms with van der Waals surface area (Å²) in [5.74, 6) is -0.538. The fourth-order valence-electron chi connectivity index (χ4n) is 2.94. The molecule has 0 radical (unpaired) electrons. The number of nitrogens with zero attached hydrogens (tertiary/aromatic N) is 6. The predicted molar refractivity (Wildman–Crippen MR) is 107 cm³/mol. The van der Waals surface area contributed by atoms with Gasteiger partial charge in [0.05, 0.1) is 30.1 Å². The number of amides is 1. The third kappa shape index (κ3) is 4.12. The maximum Gasteiger partial charge on any atom is 0.243 e. The van der Waals surface area contributed by atoms with Crippen molar-refractivity contribution in [3.8, 4) is 0 Å². The summed E-state index contributed by atoms with van der Waals surface area (Å²) in [5.41, 5.74) is 1.58. The van der Waals surface area contributed by atoms with Gasteiger partial charge in [0.2, 0.25) is 5.91 Å². The molecule has 1 amide bonds. The molecule has 1 N–H and O–H groups in total. The number of anilines is 2. The van der Waals surface area contributed by atoms with Gasteiger partial charge in [-0.3, -0.25) is 14.2 Å². The molecule has 0 aliphatic carbocycles. The van der Waals surface area contributed by atoms with Crippen molar-refractivity contribution in [3.63, 3.8) is 0 Å². The summed E-state index contributed by atoms with van der Waals surface area (Å²) in [6.07, 6.45) is 6.55. The first-order valence-corrected chi connectivity index (χ1v) is 9.14. The number of carbonyl (C=O) groups excluding carboxylic acids is 1. The van der Waals surface area contributed by atoms with Crippen LogP contribution < -0.4 is 5.32 Å². The summed E-state index contributed by atoms with van der Waals surface area (Å²) in [6.45, 7) is 0.217. The van der Waals surface area contributed by atoms with E-state index >= 15 is 0 Å². The Bertz CT molecular complexity index is 1220. The zero-order valence-electron chi connectivity index (χ0n) is 16.4. The first kappa shape index (κ1) is 19.5. The lowest BCUT2D eigenvalue weighted by atomic mass is 10.2. The Morgan fingerprint density at radius 3 is 2.77 bits per heavy atom. The molecule has 0 fully saturated rings. The van der Waals surface area contributed by atoms with Crippen molar-refractivity contribution in [1.82, 2.24) is 29.4 Å². The molecule has 3 heterocycles. The van der Waals surface area contributed by atoms with Crippen LogP contribution >= 0.6 is 0 Å². The summed E-state index contributed by atoms with van der Waals surface area (Å²) in [7, 11) is 3.37. The highest BCUT2D eigenvalue weighted by Gasteiger charge is 2.11. The molecule has 0 spiro atoms. The van der Waals surface area contributed by atoms with E-state index in [2.05, 4.69) is 20.5 Å². The van der Waals surface area contributed by atoms with Gasteiger partial charge in [-0.2, -0.15) is 10.2 Å². The molecule has 0 atom stereocenters.